The highest BCUT2D eigenvalue weighted by Crippen LogP contribution is 2.41. The van der Waals surface area contributed by atoms with Gasteiger partial charge in [-0.2, -0.15) is 0 Å². The lowest BCUT2D eigenvalue weighted by Crippen LogP contribution is -2.34. The first-order valence-corrected chi connectivity index (χ1v) is 13.6. The smallest absolute Gasteiger partial charge is 0.167 e. The van der Waals surface area contributed by atoms with Crippen LogP contribution in [0.1, 0.15) is 37.5 Å². The number of allylic oxidation sites excluding steroid dienone is 1. The van der Waals surface area contributed by atoms with Crippen LogP contribution < -0.4 is 9.47 Å². The second-order valence-electron chi connectivity index (χ2n) is 8.67. The molecule has 2 aromatic heterocycles. The van der Waals surface area contributed by atoms with Crippen molar-refractivity contribution in [2.24, 2.45) is 0 Å². The van der Waals surface area contributed by atoms with E-state index >= 15 is 0 Å². The van der Waals surface area contributed by atoms with Crippen LogP contribution in [0.15, 0.2) is 65.5 Å². The van der Waals surface area contributed by atoms with Crippen LogP contribution in [0.2, 0.25) is 0 Å². The summed E-state index contributed by atoms with van der Waals surface area (Å²) in [6.45, 7) is 4.19. The second kappa shape index (κ2) is 10.0. The predicted octanol–water partition coefficient (Wildman–Crippen LogP) is 5.33. The summed E-state index contributed by atoms with van der Waals surface area (Å²) in [6, 6.07) is 9.55. The fraction of sp³-hybridized carbons (Fsp3) is 0.346. The maximum absolute atomic E-state index is 12.2. The highest BCUT2D eigenvalue weighted by molar-refractivity contribution is 7.92. The summed E-state index contributed by atoms with van der Waals surface area (Å²) in [5, 5.41) is 1.34. The molecule has 4 rings (SSSR count). The normalized spacial score (nSPS) is 19.2. The van der Waals surface area contributed by atoms with Crippen molar-refractivity contribution < 1.29 is 22.6 Å². The monoisotopic (exact) mass is 516 g/mol. The molecule has 3 aromatic rings. The van der Waals surface area contributed by atoms with E-state index in [1.807, 2.05) is 49.5 Å². The lowest BCUT2D eigenvalue weighted by Gasteiger charge is -2.27. The minimum absolute atomic E-state index is 0.174. The van der Waals surface area contributed by atoms with E-state index in [0.717, 1.165) is 27.7 Å². The molecule has 9 heteroatoms. The highest BCUT2D eigenvalue weighted by atomic mass is 35.5. The van der Waals surface area contributed by atoms with Gasteiger partial charge < -0.3 is 19.2 Å². The van der Waals surface area contributed by atoms with Gasteiger partial charge in [0.15, 0.2) is 21.3 Å². The van der Waals surface area contributed by atoms with Gasteiger partial charge in [0.2, 0.25) is 0 Å². The van der Waals surface area contributed by atoms with Crippen LogP contribution in [0, 0.1) is 0 Å². The highest BCUT2D eigenvalue weighted by Gasteiger charge is 2.35. The van der Waals surface area contributed by atoms with Crippen LogP contribution in [0.3, 0.4) is 0 Å². The zero-order chi connectivity index (χ0) is 25.2. The van der Waals surface area contributed by atoms with Crippen molar-refractivity contribution in [1.82, 2.24) is 9.97 Å². The summed E-state index contributed by atoms with van der Waals surface area (Å²) >= 11 is 6.46. The Balaban J connectivity index is 1.64. The zero-order valence-corrected chi connectivity index (χ0v) is 21.7. The summed E-state index contributed by atoms with van der Waals surface area (Å²) in [7, 11) is -1.65. The molecule has 0 fully saturated rings. The molecule has 0 spiro atoms. The number of hydrogen-bond donors (Lipinski definition) is 1. The summed E-state index contributed by atoms with van der Waals surface area (Å²) in [6.07, 6.45) is 8.19. The number of aromatic nitrogens is 2. The Labute approximate surface area is 210 Å². The molecule has 1 aliphatic rings. The number of halogens is 1. The number of pyridine rings is 1. The van der Waals surface area contributed by atoms with Gasteiger partial charge >= 0.3 is 0 Å². The van der Waals surface area contributed by atoms with Crippen LogP contribution in [0.4, 0.5) is 0 Å². The average Bonchev–Trinajstić information content (AvgIpc) is 3.24. The van der Waals surface area contributed by atoms with Gasteiger partial charge in [-0.25, -0.2) is 13.4 Å². The van der Waals surface area contributed by atoms with Crippen molar-refractivity contribution in [3.05, 3.63) is 76.6 Å². The molecule has 0 saturated carbocycles. The van der Waals surface area contributed by atoms with E-state index in [1.165, 1.54) is 6.26 Å². The summed E-state index contributed by atoms with van der Waals surface area (Å²) in [5.74, 6) is 1.13. The Morgan fingerprint density at radius 1 is 1.20 bits per heavy atom. The number of methoxy groups -OCH3 is 1. The van der Waals surface area contributed by atoms with Crippen molar-refractivity contribution in [2.45, 2.75) is 31.1 Å². The van der Waals surface area contributed by atoms with Crippen molar-refractivity contribution >= 4 is 32.5 Å². The minimum atomic E-state index is -3.31. The van der Waals surface area contributed by atoms with Crippen molar-refractivity contribution in [2.75, 3.05) is 26.6 Å². The lowest BCUT2D eigenvalue weighted by molar-refractivity contribution is 0.133. The molecule has 0 amide bonds. The van der Waals surface area contributed by atoms with Crippen LogP contribution in [0.25, 0.3) is 11.0 Å². The van der Waals surface area contributed by atoms with Gasteiger partial charge in [-0.3, -0.25) is 0 Å². The molecule has 0 radical (unpaired) electrons. The number of rotatable bonds is 9. The Morgan fingerprint density at radius 2 is 2.00 bits per heavy atom. The SMILES string of the molecule is CCOc1c(OCC2=CC[C@@](C)(S(C)(=O)=O)C=C2Cl)cccc1C(OC)c1c[nH]c2ncccc12. The Bertz CT molecular complexity index is 1400. The van der Waals surface area contributed by atoms with Crippen molar-refractivity contribution in [1.29, 1.82) is 0 Å². The third-order valence-electron chi connectivity index (χ3n) is 6.30. The van der Waals surface area contributed by atoms with Gasteiger partial charge in [0.05, 0.1) is 11.4 Å². The molecule has 35 heavy (non-hydrogen) atoms. The summed E-state index contributed by atoms with van der Waals surface area (Å²) in [5.41, 5.74) is 3.27. The summed E-state index contributed by atoms with van der Waals surface area (Å²) < 4.78 is 41.4. The van der Waals surface area contributed by atoms with Crippen LogP contribution in [-0.2, 0) is 14.6 Å². The molecular weight excluding hydrogens is 488 g/mol. The number of nitrogens with one attached hydrogen (secondary N) is 1. The quantitative estimate of drug-likeness (QED) is 0.413. The number of H-pyrrole nitrogens is 1. The first-order valence-electron chi connectivity index (χ1n) is 11.3. The number of hydrogen-bond acceptors (Lipinski definition) is 6. The fourth-order valence-corrected chi connectivity index (χ4v) is 5.31. The molecule has 0 saturated heterocycles. The lowest BCUT2D eigenvalue weighted by atomic mass is 9.97. The van der Waals surface area contributed by atoms with Gasteiger partial charge in [0, 0.05) is 52.9 Å². The molecule has 2 heterocycles. The Kier molecular flexibility index (Phi) is 7.26. The number of fused-ring (bicyclic) bond motifs is 1. The van der Waals surface area contributed by atoms with Gasteiger partial charge in [0.1, 0.15) is 18.4 Å². The number of sulfone groups is 1. The zero-order valence-electron chi connectivity index (χ0n) is 20.2. The number of benzene rings is 1. The van der Waals surface area contributed by atoms with E-state index in [0.29, 0.717) is 29.6 Å². The number of nitrogens with zero attached hydrogens (tertiary/aromatic N) is 1. The molecule has 186 valence electrons. The molecule has 1 unspecified atom stereocenters. The minimum Gasteiger partial charge on any atom is -0.490 e. The van der Waals surface area contributed by atoms with Gasteiger partial charge in [-0.15, -0.1) is 0 Å². The standard InChI is InChI=1S/C26H29ClN2O5S/c1-5-33-24-19(23(32-3)20-15-29-25-18(20)9-7-13-28-25)8-6-10-22(24)34-16-17-11-12-26(2,14-21(17)27)35(4,30)31/h6-11,13-15,23H,5,12,16H2,1-4H3,(H,28,29)/t23?,26-/m1/s1. The van der Waals surface area contributed by atoms with E-state index in [1.54, 1.807) is 26.3 Å². The first-order chi connectivity index (χ1) is 16.7. The van der Waals surface area contributed by atoms with E-state index < -0.39 is 20.7 Å². The molecule has 1 N–H and O–H groups in total. The molecule has 0 aliphatic heterocycles. The fourth-order valence-electron chi connectivity index (χ4n) is 4.15. The predicted molar refractivity (Wildman–Crippen MR) is 138 cm³/mol. The Hall–Kier alpha value is -2.81. The molecular formula is C26H29ClN2O5S. The van der Waals surface area contributed by atoms with Gasteiger partial charge in [-0.05, 0) is 44.5 Å². The van der Waals surface area contributed by atoms with E-state index in [2.05, 4.69) is 9.97 Å². The van der Waals surface area contributed by atoms with Gasteiger partial charge in [-0.1, -0.05) is 29.8 Å². The van der Waals surface area contributed by atoms with E-state index in [-0.39, 0.29) is 6.61 Å². The first kappa shape index (κ1) is 25.3. The van der Waals surface area contributed by atoms with Gasteiger partial charge in [0.25, 0.3) is 0 Å². The molecule has 0 bridgehead atoms. The topological polar surface area (TPSA) is 90.5 Å². The third-order valence-corrected chi connectivity index (χ3v) is 8.64. The molecule has 1 aromatic carbocycles. The maximum atomic E-state index is 12.2. The largest absolute Gasteiger partial charge is 0.490 e. The summed E-state index contributed by atoms with van der Waals surface area (Å²) in [4.78, 5) is 7.57. The van der Waals surface area contributed by atoms with Crippen LogP contribution in [-0.4, -0.2) is 49.7 Å². The maximum Gasteiger partial charge on any atom is 0.167 e. The van der Waals surface area contributed by atoms with Crippen LogP contribution in [0.5, 0.6) is 11.5 Å². The molecule has 1 aliphatic carbocycles. The van der Waals surface area contributed by atoms with Crippen molar-refractivity contribution in [3.63, 3.8) is 0 Å². The van der Waals surface area contributed by atoms with Crippen molar-refractivity contribution in [3.8, 4) is 11.5 Å². The van der Waals surface area contributed by atoms with E-state index in [4.69, 9.17) is 25.8 Å². The number of ether oxygens (including phenoxy) is 3. The number of para-hydroxylation sites is 1. The number of aromatic amines is 1. The third kappa shape index (κ3) is 4.96. The second-order valence-corrected chi connectivity index (χ2v) is 11.6. The average molecular weight is 517 g/mol. The molecule has 2 atom stereocenters. The van der Waals surface area contributed by atoms with E-state index in [9.17, 15) is 8.42 Å². The Morgan fingerprint density at radius 3 is 2.69 bits per heavy atom. The van der Waals surface area contributed by atoms with Crippen LogP contribution >= 0.6 is 11.6 Å². The molecule has 7 nitrogen and oxygen atoms in total.